The van der Waals surface area contributed by atoms with Gasteiger partial charge in [-0.2, -0.15) is 0 Å². The van der Waals surface area contributed by atoms with E-state index in [0.717, 1.165) is 0 Å². The van der Waals surface area contributed by atoms with Crippen molar-refractivity contribution in [1.29, 1.82) is 0 Å². The van der Waals surface area contributed by atoms with Crippen molar-refractivity contribution in [2.75, 3.05) is 0 Å². The summed E-state index contributed by atoms with van der Waals surface area (Å²) in [7, 11) is 0. The van der Waals surface area contributed by atoms with Crippen LogP contribution in [0.2, 0.25) is 0 Å². The van der Waals surface area contributed by atoms with Gasteiger partial charge in [-0.1, -0.05) is 24.3 Å². The summed E-state index contributed by atoms with van der Waals surface area (Å²) in [6.07, 6.45) is 14.7. The van der Waals surface area contributed by atoms with Crippen molar-refractivity contribution in [3.63, 3.8) is 0 Å². The van der Waals surface area contributed by atoms with Gasteiger partial charge in [0.1, 0.15) is 0 Å². The maximum Gasteiger partial charge on any atom is 0.0124 e. The van der Waals surface area contributed by atoms with Crippen molar-refractivity contribution in [2.24, 2.45) is 0 Å². The molecule has 0 amide bonds. The van der Waals surface area contributed by atoms with Crippen molar-refractivity contribution in [2.45, 2.75) is 0 Å². The second kappa shape index (κ2) is 16.8. The Bertz CT molecular complexity index is 231. The van der Waals surface area contributed by atoms with Gasteiger partial charge in [-0.05, 0) is 19.3 Å². The van der Waals surface area contributed by atoms with Crippen LogP contribution in [0, 0.1) is 51.0 Å². The fraction of sp³-hybridized carbons (Fsp3) is 0. The molecule has 0 spiro atoms. The summed E-state index contributed by atoms with van der Waals surface area (Å²) in [5.74, 6) is 2.66. The summed E-state index contributed by atoms with van der Waals surface area (Å²) in [4.78, 5) is 0. The molecule has 0 bridgehead atoms. The van der Waals surface area contributed by atoms with Gasteiger partial charge in [0.2, 0.25) is 0 Å². The minimum absolute atomic E-state index is 0. The first-order valence-electron chi connectivity index (χ1n) is 3.68. The molecule has 1 fully saturated rings. The van der Waals surface area contributed by atoms with Crippen LogP contribution in [0.3, 0.4) is 0 Å². The molecule has 6 radical (unpaired) electrons. The van der Waals surface area contributed by atoms with Crippen LogP contribution in [0.5, 0.6) is 0 Å². The Balaban J connectivity index is -0.000000214. The van der Waals surface area contributed by atoms with Crippen LogP contribution in [0.25, 0.3) is 0 Å². The summed E-state index contributed by atoms with van der Waals surface area (Å²) in [6.45, 7) is 13.5. The zero-order chi connectivity index (χ0) is 12.1. The number of hydrogen-bond donors (Lipinski definition) is 0. The van der Waals surface area contributed by atoms with E-state index in [1.807, 2.05) is 0 Å². The summed E-state index contributed by atoms with van der Waals surface area (Å²) >= 11 is 0. The zero-order valence-electron chi connectivity index (χ0n) is 8.14. The largest absolute Gasteiger partial charge is 0.0762 e. The third kappa shape index (κ3) is 7.63. The summed E-state index contributed by atoms with van der Waals surface area (Å²) in [6, 6.07) is 0. The molecule has 0 aromatic heterocycles. The van der Waals surface area contributed by atoms with E-state index in [9.17, 15) is 0 Å². The van der Waals surface area contributed by atoms with Crippen LogP contribution in [-0.4, -0.2) is 0 Å². The van der Waals surface area contributed by atoms with Crippen molar-refractivity contribution in [1.82, 2.24) is 0 Å². The number of hydrogen-bond acceptors (Lipinski definition) is 0. The quantitative estimate of drug-likeness (QED) is 0.346. The standard InChI is InChI=1S/C9H7.3CO.Re/c1-2-5-9-7-3-6-8(9)4-1;3*1-2;/h1-7H;;;;/i;1+1;;;. The molecule has 0 aromatic carbocycles. The fourth-order valence-electron chi connectivity index (χ4n) is 1.07. The Kier molecular flexibility index (Phi) is 21.7. The van der Waals surface area contributed by atoms with Crippen LogP contribution >= 0.6 is 0 Å². The predicted octanol–water partition coefficient (Wildman–Crippen LogP) is 1.77. The average Bonchev–Trinajstić information content (AvgIpc) is 2.85. The molecule has 0 unspecified atom stereocenters. The predicted molar refractivity (Wildman–Crippen MR) is 49.5 cm³/mol. The molecule has 16 heavy (non-hydrogen) atoms. The van der Waals surface area contributed by atoms with Gasteiger partial charge in [-0.15, -0.1) is 0 Å². The van der Waals surface area contributed by atoms with Gasteiger partial charge in [0, 0.05) is 32.3 Å². The summed E-state index contributed by atoms with van der Waals surface area (Å²) in [5, 5.41) is 0. The Labute approximate surface area is 110 Å². The SMILES string of the molecule is [13C-]#[O+].[C-]#[O+].[C-]#[O+].[CH]1[CH][C]2C=CC=C[C]2[CH]1.[Re]. The molecule has 1 saturated carbocycles. The van der Waals surface area contributed by atoms with Crippen LogP contribution in [0.15, 0.2) is 24.3 Å². The maximum atomic E-state index is 7.50. The van der Waals surface area contributed by atoms with Crippen LogP contribution in [-0.2, 0) is 34.4 Å². The molecule has 4 heteroatoms. The number of rotatable bonds is 0. The van der Waals surface area contributed by atoms with Crippen LogP contribution in [0.4, 0.5) is 0 Å². The molecule has 0 aliphatic heterocycles. The Morgan fingerprint density at radius 1 is 0.688 bits per heavy atom. The van der Waals surface area contributed by atoms with Crippen molar-refractivity contribution in [3.8, 4) is 0 Å². The van der Waals surface area contributed by atoms with E-state index in [4.69, 9.17) is 14.0 Å². The van der Waals surface area contributed by atoms with E-state index in [1.165, 1.54) is 11.8 Å². The van der Waals surface area contributed by atoms with Gasteiger partial charge in [-0.3, -0.25) is 0 Å². The van der Waals surface area contributed by atoms with E-state index in [-0.39, 0.29) is 20.4 Å². The van der Waals surface area contributed by atoms with E-state index in [0.29, 0.717) is 0 Å². The van der Waals surface area contributed by atoms with Gasteiger partial charge < -0.3 is 0 Å². The van der Waals surface area contributed by atoms with Crippen molar-refractivity contribution < 1.29 is 34.4 Å². The van der Waals surface area contributed by atoms with Gasteiger partial charge in [-0.25, -0.2) is 0 Å². The second-order valence-electron chi connectivity index (χ2n) is 2.15. The topological polar surface area (TPSA) is 59.7 Å². The van der Waals surface area contributed by atoms with Crippen LogP contribution < -0.4 is 0 Å². The summed E-state index contributed by atoms with van der Waals surface area (Å²) in [5.41, 5.74) is 0. The normalized spacial score (nSPS) is 15.6. The molecule has 0 N–H and O–H groups in total. The molecule has 2 aliphatic rings. The van der Waals surface area contributed by atoms with E-state index >= 15 is 0 Å². The van der Waals surface area contributed by atoms with E-state index in [2.05, 4.69) is 63.5 Å². The molecule has 80 valence electrons. The first kappa shape index (κ1) is 20.7. The van der Waals surface area contributed by atoms with Gasteiger partial charge in [0.25, 0.3) is 0 Å². The van der Waals surface area contributed by atoms with Gasteiger partial charge in [0.15, 0.2) is 0 Å². The Morgan fingerprint density at radius 3 is 1.31 bits per heavy atom. The smallest absolute Gasteiger partial charge is 0.0124 e. The van der Waals surface area contributed by atoms with Crippen molar-refractivity contribution >= 4 is 0 Å². The summed E-state index contributed by atoms with van der Waals surface area (Å²) < 4.78 is 22.5. The Hall–Kier alpha value is -0.638. The van der Waals surface area contributed by atoms with Gasteiger partial charge >= 0.3 is 33.9 Å². The Morgan fingerprint density at radius 2 is 1.00 bits per heavy atom. The molecule has 0 atom stereocenters. The molecular formula is C12H7O3Re. The molecule has 0 saturated heterocycles. The third-order valence-corrected chi connectivity index (χ3v) is 1.55. The monoisotopic (exact) mass is 387 g/mol. The first-order chi connectivity index (χ1) is 7.47. The minimum Gasteiger partial charge on any atom is -0.0762 e. The molecule has 0 heterocycles. The van der Waals surface area contributed by atoms with Crippen LogP contribution in [0.1, 0.15) is 0 Å². The van der Waals surface area contributed by atoms with E-state index in [1.54, 1.807) is 0 Å². The first-order valence-corrected chi connectivity index (χ1v) is 3.68. The van der Waals surface area contributed by atoms with Gasteiger partial charge in [0.05, 0.1) is 0 Å². The second-order valence-corrected chi connectivity index (χ2v) is 2.15. The number of fused-ring (bicyclic) bond motifs is 1. The molecular weight excluding hydrogens is 379 g/mol. The molecule has 2 rings (SSSR count). The van der Waals surface area contributed by atoms with Crippen molar-refractivity contribution in [3.05, 3.63) is 75.4 Å². The maximum absolute atomic E-state index is 7.50. The molecule has 0 aromatic rings. The third-order valence-electron chi connectivity index (χ3n) is 1.55. The molecule has 3 nitrogen and oxygen atoms in total. The zero-order valence-corrected chi connectivity index (χ0v) is 10.9. The average molecular weight is 386 g/mol. The minimum atomic E-state index is 0. The van der Waals surface area contributed by atoms with E-state index < -0.39 is 0 Å². The number of allylic oxidation sites excluding steroid dienone is 4. The fourth-order valence-corrected chi connectivity index (χ4v) is 1.07. The molecule has 2 aliphatic carbocycles.